The number of aliphatic hydroxyl groups is 2. The van der Waals surface area contributed by atoms with Crippen molar-refractivity contribution < 1.29 is 14.9 Å². The van der Waals surface area contributed by atoms with Gasteiger partial charge in [0.15, 0.2) is 0 Å². The van der Waals surface area contributed by atoms with E-state index < -0.39 is 6.10 Å². The van der Waals surface area contributed by atoms with Gasteiger partial charge in [-0.25, -0.2) is 0 Å². The molecule has 1 aliphatic carbocycles. The van der Waals surface area contributed by atoms with E-state index in [-0.39, 0.29) is 6.10 Å². The van der Waals surface area contributed by atoms with E-state index in [1.54, 1.807) is 6.92 Å². The van der Waals surface area contributed by atoms with Crippen molar-refractivity contribution in [3.05, 3.63) is 12.2 Å². The van der Waals surface area contributed by atoms with Crippen molar-refractivity contribution in [3.8, 4) is 0 Å². The number of ether oxygens (including phenoxy) is 1. The summed E-state index contributed by atoms with van der Waals surface area (Å²) in [6, 6.07) is 0. The van der Waals surface area contributed by atoms with Crippen LogP contribution in [0.25, 0.3) is 0 Å². The monoisotopic (exact) mass is 271 g/mol. The van der Waals surface area contributed by atoms with E-state index in [9.17, 15) is 5.11 Å². The molecule has 3 N–H and O–H groups in total. The van der Waals surface area contributed by atoms with Crippen LogP contribution in [0.3, 0.4) is 0 Å². The minimum Gasteiger partial charge on any atom is -0.393 e. The van der Waals surface area contributed by atoms with Gasteiger partial charge in [-0.1, -0.05) is 19.1 Å². The number of allylic oxidation sites excluding steroid dienone is 2. The second-order valence-electron chi connectivity index (χ2n) is 5.71. The van der Waals surface area contributed by atoms with E-state index in [4.69, 9.17) is 9.84 Å². The summed E-state index contributed by atoms with van der Waals surface area (Å²) in [7, 11) is 0. The molecule has 0 aromatic heterocycles. The molecule has 0 spiro atoms. The predicted molar refractivity (Wildman–Crippen MR) is 77.0 cm³/mol. The summed E-state index contributed by atoms with van der Waals surface area (Å²) in [6.45, 7) is 6.38. The van der Waals surface area contributed by atoms with E-state index in [2.05, 4.69) is 24.4 Å². The Morgan fingerprint density at radius 3 is 2.74 bits per heavy atom. The zero-order valence-electron chi connectivity index (χ0n) is 12.2. The molecule has 0 radical (unpaired) electrons. The van der Waals surface area contributed by atoms with Gasteiger partial charge in [-0.2, -0.15) is 0 Å². The highest BCUT2D eigenvalue weighted by Gasteiger charge is 2.18. The van der Waals surface area contributed by atoms with Crippen LogP contribution in [-0.4, -0.2) is 48.7 Å². The zero-order chi connectivity index (χ0) is 14.1. The van der Waals surface area contributed by atoms with E-state index in [1.165, 1.54) is 0 Å². The maximum Gasteiger partial charge on any atom is 0.0897 e. The average molecular weight is 271 g/mol. The third-order valence-electron chi connectivity index (χ3n) is 3.68. The molecule has 4 heteroatoms. The molecular weight excluding hydrogens is 242 g/mol. The number of rotatable bonds is 9. The summed E-state index contributed by atoms with van der Waals surface area (Å²) < 4.78 is 5.61. The predicted octanol–water partition coefficient (Wildman–Crippen LogP) is 1.33. The second-order valence-corrected chi connectivity index (χ2v) is 5.71. The largest absolute Gasteiger partial charge is 0.393 e. The van der Waals surface area contributed by atoms with Gasteiger partial charge in [0.25, 0.3) is 0 Å². The van der Waals surface area contributed by atoms with Crippen molar-refractivity contribution >= 4 is 0 Å². The Hall–Kier alpha value is -0.420. The minimum atomic E-state index is -0.469. The molecule has 4 atom stereocenters. The fourth-order valence-electron chi connectivity index (χ4n) is 2.23. The molecule has 0 saturated heterocycles. The van der Waals surface area contributed by atoms with Gasteiger partial charge in [0.1, 0.15) is 0 Å². The number of aliphatic hydroxyl groups excluding tert-OH is 2. The van der Waals surface area contributed by atoms with Crippen LogP contribution in [0.15, 0.2) is 12.2 Å². The Bertz CT molecular complexity index is 256. The molecule has 0 heterocycles. The van der Waals surface area contributed by atoms with Crippen molar-refractivity contribution in [1.82, 2.24) is 5.32 Å². The van der Waals surface area contributed by atoms with Gasteiger partial charge < -0.3 is 20.3 Å². The number of hydrogen-bond donors (Lipinski definition) is 3. The van der Waals surface area contributed by atoms with Crippen LogP contribution < -0.4 is 5.32 Å². The molecule has 1 rings (SSSR count). The lowest BCUT2D eigenvalue weighted by Crippen LogP contribution is -2.33. The SMILES string of the molecule is CC(O)CCNCC(O)COCC1CC=CCC1C. The summed E-state index contributed by atoms with van der Waals surface area (Å²) in [6.07, 6.45) is 6.63. The normalized spacial score (nSPS) is 26.3. The Balaban J connectivity index is 2.00. The second kappa shape index (κ2) is 9.48. The highest BCUT2D eigenvalue weighted by molar-refractivity contribution is 4.93. The van der Waals surface area contributed by atoms with E-state index in [0.29, 0.717) is 31.4 Å². The van der Waals surface area contributed by atoms with Gasteiger partial charge in [-0.3, -0.25) is 0 Å². The first-order valence-corrected chi connectivity index (χ1v) is 7.39. The van der Waals surface area contributed by atoms with Crippen LogP contribution in [0.5, 0.6) is 0 Å². The summed E-state index contributed by atoms with van der Waals surface area (Å²) in [5.74, 6) is 1.26. The summed E-state index contributed by atoms with van der Waals surface area (Å²) in [4.78, 5) is 0. The maximum absolute atomic E-state index is 9.75. The maximum atomic E-state index is 9.75. The fourth-order valence-corrected chi connectivity index (χ4v) is 2.23. The van der Waals surface area contributed by atoms with Crippen LogP contribution >= 0.6 is 0 Å². The van der Waals surface area contributed by atoms with Crippen molar-refractivity contribution in [2.45, 2.75) is 45.3 Å². The topological polar surface area (TPSA) is 61.7 Å². The average Bonchev–Trinajstić information content (AvgIpc) is 2.37. The fraction of sp³-hybridized carbons (Fsp3) is 0.867. The first-order chi connectivity index (χ1) is 9.09. The molecule has 112 valence electrons. The van der Waals surface area contributed by atoms with Gasteiger partial charge in [-0.05, 0) is 44.6 Å². The Kier molecular flexibility index (Phi) is 8.30. The van der Waals surface area contributed by atoms with E-state index >= 15 is 0 Å². The molecule has 0 fully saturated rings. The lowest BCUT2D eigenvalue weighted by molar-refractivity contribution is 0.0127. The molecule has 0 aromatic carbocycles. The van der Waals surface area contributed by atoms with Crippen molar-refractivity contribution in [2.24, 2.45) is 11.8 Å². The summed E-state index contributed by atoms with van der Waals surface area (Å²) in [5, 5.41) is 22.0. The van der Waals surface area contributed by atoms with E-state index in [0.717, 1.165) is 26.0 Å². The summed E-state index contributed by atoms with van der Waals surface area (Å²) in [5.41, 5.74) is 0. The molecule has 1 aliphatic rings. The first kappa shape index (κ1) is 16.6. The highest BCUT2D eigenvalue weighted by atomic mass is 16.5. The smallest absolute Gasteiger partial charge is 0.0897 e. The van der Waals surface area contributed by atoms with Crippen LogP contribution in [0.4, 0.5) is 0 Å². The van der Waals surface area contributed by atoms with E-state index in [1.807, 2.05) is 0 Å². The summed E-state index contributed by atoms with van der Waals surface area (Å²) >= 11 is 0. The molecule has 19 heavy (non-hydrogen) atoms. The highest BCUT2D eigenvalue weighted by Crippen LogP contribution is 2.24. The van der Waals surface area contributed by atoms with Crippen LogP contribution in [-0.2, 0) is 4.74 Å². The van der Waals surface area contributed by atoms with Crippen LogP contribution in [0.2, 0.25) is 0 Å². The third kappa shape index (κ3) is 7.67. The zero-order valence-corrected chi connectivity index (χ0v) is 12.2. The lowest BCUT2D eigenvalue weighted by Gasteiger charge is -2.25. The molecule has 0 amide bonds. The van der Waals surface area contributed by atoms with Gasteiger partial charge >= 0.3 is 0 Å². The standard InChI is InChI=1S/C15H29NO3/c1-12-5-3-4-6-14(12)10-19-11-15(18)9-16-8-7-13(2)17/h3-4,12-18H,5-11H2,1-2H3. The molecule has 0 saturated carbocycles. The van der Waals surface area contributed by atoms with Crippen LogP contribution in [0, 0.1) is 11.8 Å². The van der Waals surface area contributed by atoms with Crippen LogP contribution in [0.1, 0.15) is 33.1 Å². The first-order valence-electron chi connectivity index (χ1n) is 7.39. The number of hydrogen-bond acceptors (Lipinski definition) is 4. The van der Waals surface area contributed by atoms with Gasteiger partial charge in [0.2, 0.25) is 0 Å². The molecule has 0 aromatic rings. The molecule has 4 unspecified atom stereocenters. The lowest BCUT2D eigenvalue weighted by atomic mass is 9.85. The number of nitrogens with one attached hydrogen (secondary N) is 1. The Labute approximate surface area is 116 Å². The van der Waals surface area contributed by atoms with Crippen molar-refractivity contribution in [2.75, 3.05) is 26.3 Å². The molecular formula is C15H29NO3. The van der Waals surface area contributed by atoms with Gasteiger partial charge in [0.05, 0.1) is 25.4 Å². The van der Waals surface area contributed by atoms with Gasteiger partial charge in [0, 0.05) is 6.54 Å². The molecule has 0 bridgehead atoms. The van der Waals surface area contributed by atoms with Crippen molar-refractivity contribution in [3.63, 3.8) is 0 Å². The molecule has 0 aliphatic heterocycles. The minimum absolute atomic E-state index is 0.290. The third-order valence-corrected chi connectivity index (χ3v) is 3.68. The quantitative estimate of drug-likeness (QED) is 0.437. The Morgan fingerprint density at radius 2 is 2.05 bits per heavy atom. The van der Waals surface area contributed by atoms with Crippen molar-refractivity contribution in [1.29, 1.82) is 0 Å². The Morgan fingerprint density at radius 1 is 1.32 bits per heavy atom. The van der Waals surface area contributed by atoms with Gasteiger partial charge in [-0.15, -0.1) is 0 Å². The molecule has 4 nitrogen and oxygen atoms in total.